The van der Waals surface area contributed by atoms with Gasteiger partial charge in [0.05, 0.1) is 0 Å². The van der Waals surface area contributed by atoms with Gasteiger partial charge < -0.3 is 26.0 Å². The number of aromatic hydroxyl groups is 1. The molecule has 1 atom stereocenters. The van der Waals surface area contributed by atoms with Gasteiger partial charge in [0.15, 0.2) is 5.13 Å². The number of aromatic nitrogens is 1. The third kappa shape index (κ3) is 5.70. The number of piperidine rings is 1. The van der Waals surface area contributed by atoms with Crippen molar-refractivity contribution in [1.82, 2.24) is 14.8 Å². The summed E-state index contributed by atoms with van der Waals surface area (Å²) in [6.07, 6.45) is 12.2. The molecule has 3 heterocycles. The summed E-state index contributed by atoms with van der Waals surface area (Å²) in [6, 6.07) is 5.76. The topological polar surface area (TPSA) is 94.7 Å². The number of nitrogens with one attached hydrogen (secondary N) is 1. The van der Waals surface area contributed by atoms with E-state index in [0.29, 0.717) is 21.5 Å². The zero-order valence-corrected chi connectivity index (χ0v) is 22.8. The highest BCUT2D eigenvalue weighted by atomic mass is 32.1. The number of phenols is 1. The van der Waals surface area contributed by atoms with E-state index in [1.165, 1.54) is 55.8 Å². The predicted molar refractivity (Wildman–Crippen MR) is 151 cm³/mol. The highest BCUT2D eigenvalue weighted by Gasteiger charge is 2.29. The number of allylic oxidation sites excluding steroid dienone is 4. The van der Waals surface area contributed by atoms with E-state index < -0.39 is 0 Å². The quantitative estimate of drug-likeness (QED) is 0.401. The van der Waals surface area contributed by atoms with Crippen LogP contribution >= 0.6 is 11.3 Å². The minimum Gasteiger partial charge on any atom is -0.508 e. The van der Waals surface area contributed by atoms with E-state index in [-0.39, 0.29) is 17.4 Å². The Bertz CT molecular complexity index is 1190. The Hall–Kier alpha value is -2.84. The number of aryl methyl sites for hydroxylation is 1. The van der Waals surface area contributed by atoms with Crippen LogP contribution in [0.3, 0.4) is 0 Å². The maximum Gasteiger partial charge on any atom is 0.206 e. The van der Waals surface area contributed by atoms with Gasteiger partial charge in [-0.05, 0) is 87.5 Å². The molecule has 0 spiro atoms. The van der Waals surface area contributed by atoms with E-state index >= 15 is 0 Å². The molecule has 0 bridgehead atoms. The summed E-state index contributed by atoms with van der Waals surface area (Å²) < 4.78 is 0. The van der Waals surface area contributed by atoms with Crippen LogP contribution in [0.1, 0.15) is 73.2 Å². The molecule has 8 heteroatoms. The van der Waals surface area contributed by atoms with Crippen LogP contribution in [0, 0.1) is 5.92 Å². The normalized spacial score (nSPS) is 21.1. The Morgan fingerprint density at radius 2 is 1.95 bits per heavy atom. The monoisotopic (exact) mass is 521 g/mol. The highest BCUT2D eigenvalue weighted by Crippen LogP contribution is 2.34. The molecule has 3 aliphatic rings. The lowest BCUT2D eigenvalue weighted by atomic mass is 9.94. The first-order valence-electron chi connectivity index (χ1n) is 13.7. The van der Waals surface area contributed by atoms with Gasteiger partial charge in [-0.1, -0.05) is 31.6 Å². The fraction of sp³-hybridized carbons (Fsp3) is 0.517. The van der Waals surface area contributed by atoms with E-state index in [2.05, 4.69) is 39.2 Å². The number of thiazole rings is 1. The largest absolute Gasteiger partial charge is 0.508 e. The number of rotatable bonds is 8. The first kappa shape index (κ1) is 25.8. The molecule has 2 saturated heterocycles. The van der Waals surface area contributed by atoms with Gasteiger partial charge in [-0.2, -0.15) is 0 Å². The van der Waals surface area contributed by atoms with Crippen LogP contribution in [-0.4, -0.2) is 57.9 Å². The highest BCUT2D eigenvalue weighted by molar-refractivity contribution is 7.18. The maximum atomic E-state index is 13.2. The average molecular weight is 522 g/mol. The lowest BCUT2D eigenvalue weighted by molar-refractivity contribution is 0.104. The number of nitrogens with zero attached hydrogens (tertiary/aromatic N) is 3. The molecule has 1 unspecified atom stereocenters. The zero-order chi connectivity index (χ0) is 25.9. The number of likely N-dealkylation sites (tertiary alicyclic amines) is 2. The Morgan fingerprint density at radius 1 is 1.19 bits per heavy atom. The van der Waals surface area contributed by atoms with Gasteiger partial charge in [0.1, 0.15) is 16.4 Å². The van der Waals surface area contributed by atoms with Crippen molar-refractivity contribution in [3.63, 3.8) is 0 Å². The zero-order valence-electron chi connectivity index (χ0n) is 22.0. The standard InChI is InChI=1S/C29H39N5O2S/c1-3-6-20-18-21(7-10-25(20)35)26(36)27-28(30)32-29(37-27)31-24-9-8-23(17-19(24)2)34-15-11-22(12-16-34)33-13-4-5-14-33/h7-10,18-19,22,35H,3-6,11-17,30H2,1-2H3,(H,31,32). The number of hydrogen-bond donors (Lipinski definition) is 3. The van der Waals surface area contributed by atoms with Crippen molar-refractivity contribution in [2.45, 2.75) is 64.8 Å². The molecular formula is C29H39N5O2S. The molecule has 1 aromatic carbocycles. The molecule has 4 N–H and O–H groups in total. The second kappa shape index (κ2) is 11.3. The molecule has 0 amide bonds. The molecule has 2 aliphatic heterocycles. The molecular weight excluding hydrogens is 482 g/mol. The average Bonchev–Trinajstić information content (AvgIpc) is 3.56. The molecule has 37 heavy (non-hydrogen) atoms. The van der Waals surface area contributed by atoms with Crippen molar-refractivity contribution in [3.05, 3.63) is 57.7 Å². The lowest BCUT2D eigenvalue weighted by Gasteiger charge is -2.40. The third-order valence-corrected chi connectivity index (χ3v) is 8.99. The third-order valence-electron chi connectivity index (χ3n) is 8.00. The molecule has 7 nitrogen and oxygen atoms in total. The van der Waals surface area contributed by atoms with Crippen LogP contribution in [0.4, 0.5) is 10.9 Å². The van der Waals surface area contributed by atoms with Gasteiger partial charge in [-0.25, -0.2) is 4.98 Å². The van der Waals surface area contributed by atoms with Crippen LogP contribution in [0.15, 0.2) is 41.7 Å². The fourth-order valence-electron chi connectivity index (χ4n) is 5.87. The van der Waals surface area contributed by atoms with Gasteiger partial charge in [-0.3, -0.25) is 4.79 Å². The van der Waals surface area contributed by atoms with Crippen molar-refractivity contribution in [2.75, 3.05) is 37.2 Å². The number of phenolic OH excluding ortho intramolecular Hbond substituents is 1. The van der Waals surface area contributed by atoms with Crippen LogP contribution in [0.5, 0.6) is 5.75 Å². The molecule has 0 saturated carbocycles. The number of ketones is 1. The van der Waals surface area contributed by atoms with E-state index in [0.717, 1.165) is 49.7 Å². The molecule has 198 valence electrons. The molecule has 5 rings (SSSR count). The van der Waals surface area contributed by atoms with Gasteiger partial charge in [0.2, 0.25) is 5.78 Å². The summed E-state index contributed by atoms with van der Waals surface area (Å²) in [5.74, 6) is 0.628. The van der Waals surface area contributed by atoms with Crippen molar-refractivity contribution < 1.29 is 9.90 Å². The number of anilines is 2. The number of benzene rings is 1. The minimum absolute atomic E-state index is 0.161. The lowest BCUT2D eigenvalue weighted by Crippen LogP contribution is -2.43. The van der Waals surface area contributed by atoms with Crippen LogP contribution in [0.2, 0.25) is 0 Å². The summed E-state index contributed by atoms with van der Waals surface area (Å²) in [6.45, 7) is 9.13. The van der Waals surface area contributed by atoms with Gasteiger partial charge in [0.25, 0.3) is 0 Å². The molecule has 1 aromatic heterocycles. The van der Waals surface area contributed by atoms with Gasteiger partial charge in [0, 0.05) is 42.0 Å². The molecule has 0 radical (unpaired) electrons. The summed E-state index contributed by atoms with van der Waals surface area (Å²) >= 11 is 1.29. The van der Waals surface area contributed by atoms with Gasteiger partial charge >= 0.3 is 0 Å². The Balaban J connectivity index is 1.24. The number of nitrogens with two attached hydrogens (primary N) is 1. The van der Waals surface area contributed by atoms with E-state index in [4.69, 9.17) is 5.73 Å². The van der Waals surface area contributed by atoms with E-state index in [9.17, 15) is 9.90 Å². The van der Waals surface area contributed by atoms with Crippen molar-refractivity contribution in [3.8, 4) is 5.75 Å². The maximum absolute atomic E-state index is 13.2. The van der Waals surface area contributed by atoms with E-state index in [1.54, 1.807) is 18.2 Å². The summed E-state index contributed by atoms with van der Waals surface area (Å²) in [7, 11) is 0. The van der Waals surface area contributed by atoms with Crippen LogP contribution in [-0.2, 0) is 6.42 Å². The predicted octanol–water partition coefficient (Wildman–Crippen LogP) is 5.39. The molecule has 2 aromatic rings. The van der Waals surface area contributed by atoms with Crippen LogP contribution in [0.25, 0.3) is 0 Å². The second-order valence-electron chi connectivity index (χ2n) is 10.6. The Morgan fingerprint density at radius 3 is 2.65 bits per heavy atom. The van der Waals surface area contributed by atoms with Crippen molar-refractivity contribution in [2.24, 2.45) is 5.92 Å². The number of carbonyl (C=O) groups is 1. The fourth-order valence-corrected chi connectivity index (χ4v) is 6.73. The van der Waals surface area contributed by atoms with Crippen molar-refractivity contribution >= 4 is 28.1 Å². The van der Waals surface area contributed by atoms with Crippen LogP contribution < -0.4 is 11.1 Å². The SMILES string of the molecule is CCCc1cc(C(=O)c2sc(NC3=CC=C(N4CCC(N5CCCC5)CC4)CC3C)nc2N)ccc1O. The summed E-state index contributed by atoms with van der Waals surface area (Å²) in [5.41, 5.74) is 9.98. The minimum atomic E-state index is -0.161. The summed E-state index contributed by atoms with van der Waals surface area (Å²) in [5, 5.41) is 14.1. The second-order valence-corrected chi connectivity index (χ2v) is 11.6. The number of hydrogen-bond acceptors (Lipinski definition) is 8. The molecule has 1 aliphatic carbocycles. The first-order chi connectivity index (χ1) is 17.9. The number of nitrogen functional groups attached to an aromatic ring is 1. The first-order valence-corrected chi connectivity index (χ1v) is 14.5. The number of carbonyl (C=O) groups excluding carboxylic acids is 1. The Labute approximate surface area is 224 Å². The molecule has 2 fully saturated rings. The van der Waals surface area contributed by atoms with E-state index in [1.807, 2.05) is 6.92 Å². The van der Waals surface area contributed by atoms with Crippen molar-refractivity contribution in [1.29, 1.82) is 0 Å². The smallest absolute Gasteiger partial charge is 0.206 e. The Kier molecular flexibility index (Phi) is 7.86. The van der Waals surface area contributed by atoms with Gasteiger partial charge in [-0.15, -0.1) is 0 Å². The summed E-state index contributed by atoms with van der Waals surface area (Å²) in [4.78, 5) is 23.3.